The molecule has 0 aliphatic heterocycles. The fourth-order valence-corrected chi connectivity index (χ4v) is 3.53. The van der Waals surface area contributed by atoms with Crippen molar-refractivity contribution in [3.63, 3.8) is 0 Å². The lowest BCUT2D eigenvalue weighted by Crippen LogP contribution is -2.14. The Morgan fingerprint density at radius 1 is 1.25 bits per heavy atom. The van der Waals surface area contributed by atoms with E-state index in [0.717, 1.165) is 11.3 Å². The summed E-state index contributed by atoms with van der Waals surface area (Å²) in [6.45, 7) is 1.33. The highest BCUT2D eigenvalue weighted by molar-refractivity contribution is 7.22. The molecule has 1 heterocycles. The summed E-state index contributed by atoms with van der Waals surface area (Å²) in [5.41, 5.74) is 0.926. The number of amides is 2. The SMILES string of the molecule is COc1cc(NC(C)=O)c(Cl)cc1C(=O)Nc1nc2ccc([N+](=O)[O-])cc2s1. The Morgan fingerprint density at radius 2 is 2.00 bits per heavy atom. The van der Waals surface area contributed by atoms with Crippen LogP contribution in [0.3, 0.4) is 0 Å². The smallest absolute Gasteiger partial charge is 0.270 e. The van der Waals surface area contributed by atoms with Gasteiger partial charge in [0.1, 0.15) is 5.75 Å². The molecule has 2 N–H and O–H groups in total. The zero-order valence-corrected chi connectivity index (χ0v) is 16.2. The van der Waals surface area contributed by atoms with Crippen LogP contribution >= 0.6 is 22.9 Å². The molecule has 0 fully saturated rings. The number of methoxy groups -OCH3 is 1. The lowest BCUT2D eigenvalue weighted by atomic mass is 10.1. The van der Waals surface area contributed by atoms with Crippen LogP contribution in [0.4, 0.5) is 16.5 Å². The van der Waals surface area contributed by atoms with E-state index < -0.39 is 10.8 Å². The highest BCUT2D eigenvalue weighted by atomic mass is 35.5. The van der Waals surface area contributed by atoms with Crippen molar-refractivity contribution < 1.29 is 19.2 Å². The number of nitrogens with zero attached hydrogens (tertiary/aromatic N) is 2. The standard InChI is InChI=1S/C17H13ClN4O5S/c1-8(23)19-13-7-14(27-2)10(6-11(13)18)16(24)21-17-20-12-4-3-9(22(25)26)5-15(12)28-17/h3-7H,1-2H3,(H,19,23)(H,20,21,24). The summed E-state index contributed by atoms with van der Waals surface area (Å²) < 4.78 is 5.78. The third-order valence-corrected chi connectivity index (χ3v) is 4.89. The maximum absolute atomic E-state index is 12.7. The highest BCUT2D eigenvalue weighted by Gasteiger charge is 2.18. The van der Waals surface area contributed by atoms with Gasteiger partial charge in [0, 0.05) is 25.1 Å². The number of carbonyl (C=O) groups is 2. The molecule has 0 radical (unpaired) electrons. The molecule has 0 bridgehead atoms. The molecule has 3 aromatic rings. The number of nitrogens with one attached hydrogen (secondary N) is 2. The van der Waals surface area contributed by atoms with Gasteiger partial charge in [-0.25, -0.2) is 4.98 Å². The number of ether oxygens (including phenoxy) is 1. The Morgan fingerprint density at radius 3 is 2.64 bits per heavy atom. The predicted octanol–water partition coefficient (Wildman–Crippen LogP) is 4.08. The van der Waals surface area contributed by atoms with Gasteiger partial charge in [-0.2, -0.15) is 0 Å². The van der Waals surface area contributed by atoms with Crippen LogP contribution in [0.5, 0.6) is 5.75 Å². The molecule has 0 spiro atoms. The summed E-state index contributed by atoms with van der Waals surface area (Å²) in [7, 11) is 1.38. The van der Waals surface area contributed by atoms with Crippen LogP contribution in [0.25, 0.3) is 10.2 Å². The second kappa shape index (κ2) is 7.79. The summed E-state index contributed by atoms with van der Waals surface area (Å²) in [4.78, 5) is 38.5. The van der Waals surface area contributed by atoms with Crippen LogP contribution in [0.15, 0.2) is 30.3 Å². The monoisotopic (exact) mass is 420 g/mol. The van der Waals surface area contributed by atoms with Gasteiger partial charge < -0.3 is 10.1 Å². The number of hydrogen-bond acceptors (Lipinski definition) is 7. The minimum atomic E-state index is -0.526. The van der Waals surface area contributed by atoms with Crippen molar-refractivity contribution in [2.75, 3.05) is 17.7 Å². The topological polar surface area (TPSA) is 123 Å². The number of thiazole rings is 1. The fraction of sp³-hybridized carbons (Fsp3) is 0.118. The number of rotatable bonds is 5. The molecular formula is C17H13ClN4O5S. The van der Waals surface area contributed by atoms with E-state index >= 15 is 0 Å². The van der Waals surface area contributed by atoms with Gasteiger partial charge >= 0.3 is 0 Å². The van der Waals surface area contributed by atoms with Gasteiger partial charge in [-0.05, 0) is 12.1 Å². The fourth-order valence-electron chi connectivity index (χ4n) is 2.43. The van der Waals surface area contributed by atoms with Crippen molar-refractivity contribution in [1.82, 2.24) is 4.98 Å². The van der Waals surface area contributed by atoms with Crippen LogP contribution in [-0.4, -0.2) is 28.8 Å². The molecule has 0 aliphatic rings. The van der Waals surface area contributed by atoms with Crippen LogP contribution in [0, 0.1) is 10.1 Å². The summed E-state index contributed by atoms with van der Waals surface area (Å²) in [5.74, 6) is -0.631. The molecular weight excluding hydrogens is 408 g/mol. The number of fused-ring (bicyclic) bond motifs is 1. The zero-order chi connectivity index (χ0) is 20.4. The Kier molecular flexibility index (Phi) is 5.43. The van der Waals surface area contributed by atoms with Gasteiger partial charge in [0.15, 0.2) is 5.13 Å². The molecule has 11 heteroatoms. The van der Waals surface area contributed by atoms with Crippen molar-refractivity contribution in [2.24, 2.45) is 0 Å². The maximum Gasteiger partial charge on any atom is 0.270 e. The van der Waals surface area contributed by atoms with E-state index in [2.05, 4.69) is 15.6 Å². The highest BCUT2D eigenvalue weighted by Crippen LogP contribution is 2.33. The van der Waals surface area contributed by atoms with Crippen molar-refractivity contribution in [1.29, 1.82) is 0 Å². The van der Waals surface area contributed by atoms with Gasteiger partial charge in [0.25, 0.3) is 11.6 Å². The lowest BCUT2D eigenvalue weighted by molar-refractivity contribution is -0.384. The van der Waals surface area contributed by atoms with Crippen LogP contribution in [0.2, 0.25) is 5.02 Å². The minimum Gasteiger partial charge on any atom is -0.496 e. The number of halogens is 1. The Hall–Kier alpha value is -3.24. The average molecular weight is 421 g/mol. The van der Waals surface area contributed by atoms with Crippen LogP contribution in [-0.2, 0) is 4.79 Å². The van der Waals surface area contributed by atoms with Crippen molar-refractivity contribution >= 4 is 61.5 Å². The normalized spacial score (nSPS) is 10.5. The van der Waals surface area contributed by atoms with Crippen molar-refractivity contribution in [3.8, 4) is 5.75 Å². The summed E-state index contributed by atoms with van der Waals surface area (Å²) in [6, 6.07) is 7.07. The third kappa shape index (κ3) is 4.02. The molecule has 0 saturated carbocycles. The van der Waals surface area contributed by atoms with E-state index in [0.29, 0.717) is 15.9 Å². The van der Waals surface area contributed by atoms with Gasteiger partial charge in [0.05, 0.1) is 38.5 Å². The van der Waals surface area contributed by atoms with Gasteiger partial charge in [0.2, 0.25) is 5.91 Å². The van der Waals surface area contributed by atoms with Gasteiger partial charge in [-0.15, -0.1) is 0 Å². The molecule has 2 amide bonds. The van der Waals surface area contributed by atoms with E-state index in [1.807, 2.05) is 0 Å². The van der Waals surface area contributed by atoms with E-state index in [1.165, 1.54) is 44.4 Å². The number of anilines is 2. The van der Waals surface area contributed by atoms with Gasteiger partial charge in [-0.1, -0.05) is 22.9 Å². The second-order valence-corrected chi connectivity index (χ2v) is 7.03. The van der Waals surface area contributed by atoms with E-state index in [4.69, 9.17) is 16.3 Å². The third-order valence-electron chi connectivity index (χ3n) is 3.65. The Balaban J connectivity index is 1.90. The first kappa shape index (κ1) is 19.5. The summed E-state index contributed by atoms with van der Waals surface area (Å²) >= 11 is 7.24. The molecule has 28 heavy (non-hydrogen) atoms. The quantitative estimate of drug-likeness (QED) is 0.473. The zero-order valence-electron chi connectivity index (χ0n) is 14.6. The first-order valence-corrected chi connectivity index (χ1v) is 8.99. The molecule has 2 aromatic carbocycles. The lowest BCUT2D eigenvalue weighted by Gasteiger charge is -2.12. The van der Waals surface area contributed by atoms with Crippen molar-refractivity contribution in [3.05, 3.63) is 51.0 Å². The largest absolute Gasteiger partial charge is 0.496 e. The predicted molar refractivity (Wildman–Crippen MR) is 107 cm³/mol. The Bertz CT molecular complexity index is 1110. The molecule has 0 atom stereocenters. The number of carbonyl (C=O) groups excluding carboxylic acids is 2. The molecule has 0 saturated heterocycles. The molecule has 0 aliphatic carbocycles. The van der Waals surface area contributed by atoms with Crippen molar-refractivity contribution in [2.45, 2.75) is 6.92 Å². The van der Waals surface area contributed by atoms with E-state index in [1.54, 1.807) is 0 Å². The number of non-ortho nitro benzene ring substituents is 1. The molecule has 9 nitrogen and oxygen atoms in total. The van der Waals surface area contributed by atoms with E-state index in [-0.39, 0.29) is 33.1 Å². The Labute approximate surface area is 167 Å². The average Bonchev–Trinajstić information content (AvgIpc) is 3.03. The second-order valence-electron chi connectivity index (χ2n) is 5.60. The number of aromatic nitrogens is 1. The minimum absolute atomic E-state index is 0.0592. The van der Waals surface area contributed by atoms with E-state index in [9.17, 15) is 19.7 Å². The number of hydrogen-bond donors (Lipinski definition) is 2. The van der Waals surface area contributed by atoms with Crippen LogP contribution < -0.4 is 15.4 Å². The van der Waals surface area contributed by atoms with Gasteiger partial charge in [-0.3, -0.25) is 25.0 Å². The number of benzene rings is 2. The first-order valence-electron chi connectivity index (χ1n) is 7.80. The molecule has 0 unspecified atom stereocenters. The first-order chi connectivity index (χ1) is 13.3. The molecule has 3 rings (SSSR count). The summed E-state index contributed by atoms with van der Waals surface area (Å²) in [6.07, 6.45) is 0. The summed E-state index contributed by atoms with van der Waals surface area (Å²) in [5, 5.41) is 16.5. The van der Waals surface area contributed by atoms with Crippen LogP contribution in [0.1, 0.15) is 17.3 Å². The molecule has 144 valence electrons. The molecule has 1 aromatic heterocycles. The number of nitro benzene ring substituents is 1. The maximum atomic E-state index is 12.7. The number of nitro groups is 1.